The SMILES string of the molecule is C=CC/C=C/C1(C)CCC2(CCNC2)CC1. The number of hydrogen-bond acceptors (Lipinski definition) is 1. The number of rotatable bonds is 3. The summed E-state index contributed by atoms with van der Waals surface area (Å²) in [5, 5.41) is 3.53. The maximum atomic E-state index is 3.76. The molecule has 2 rings (SSSR count). The largest absolute Gasteiger partial charge is 0.316 e. The maximum Gasteiger partial charge on any atom is 0.000830 e. The normalized spacial score (nSPS) is 39.6. The highest BCUT2D eigenvalue weighted by Gasteiger charge is 2.40. The van der Waals surface area contributed by atoms with Gasteiger partial charge in [-0.2, -0.15) is 0 Å². The second-order valence-corrected chi connectivity index (χ2v) is 6.01. The fourth-order valence-corrected chi connectivity index (χ4v) is 3.19. The minimum absolute atomic E-state index is 0.455. The molecule has 0 aromatic carbocycles. The van der Waals surface area contributed by atoms with Crippen LogP contribution in [0.4, 0.5) is 0 Å². The fourth-order valence-electron chi connectivity index (χ4n) is 3.19. The monoisotopic (exact) mass is 219 g/mol. The van der Waals surface area contributed by atoms with E-state index in [1.165, 1.54) is 45.2 Å². The van der Waals surface area contributed by atoms with E-state index in [1.54, 1.807) is 0 Å². The van der Waals surface area contributed by atoms with E-state index in [1.807, 2.05) is 6.08 Å². The zero-order valence-corrected chi connectivity index (χ0v) is 10.6. The Bertz CT molecular complexity index is 261. The molecule has 2 aliphatic rings. The molecule has 1 nitrogen and oxygen atoms in total. The van der Waals surface area contributed by atoms with E-state index >= 15 is 0 Å². The first-order valence-corrected chi connectivity index (χ1v) is 6.68. The van der Waals surface area contributed by atoms with Crippen molar-refractivity contribution < 1.29 is 0 Å². The predicted molar refractivity (Wildman–Crippen MR) is 70.4 cm³/mol. The van der Waals surface area contributed by atoms with Gasteiger partial charge in [0.15, 0.2) is 0 Å². The summed E-state index contributed by atoms with van der Waals surface area (Å²) < 4.78 is 0. The average molecular weight is 219 g/mol. The van der Waals surface area contributed by atoms with Crippen LogP contribution in [-0.4, -0.2) is 13.1 Å². The van der Waals surface area contributed by atoms with E-state index in [4.69, 9.17) is 0 Å². The molecule has 1 saturated carbocycles. The Hall–Kier alpha value is -0.560. The highest BCUT2D eigenvalue weighted by Crippen LogP contribution is 2.48. The van der Waals surface area contributed by atoms with Crippen LogP contribution in [0.1, 0.15) is 45.4 Å². The van der Waals surface area contributed by atoms with Gasteiger partial charge >= 0.3 is 0 Å². The highest BCUT2D eigenvalue weighted by molar-refractivity contribution is 5.05. The van der Waals surface area contributed by atoms with Crippen molar-refractivity contribution in [3.05, 3.63) is 24.8 Å². The zero-order valence-electron chi connectivity index (χ0n) is 10.6. The molecule has 1 N–H and O–H groups in total. The van der Waals surface area contributed by atoms with Crippen molar-refractivity contribution in [1.29, 1.82) is 0 Å². The van der Waals surface area contributed by atoms with Gasteiger partial charge in [-0.1, -0.05) is 25.2 Å². The fraction of sp³-hybridized carbons (Fsp3) is 0.733. The molecule has 2 fully saturated rings. The first-order valence-electron chi connectivity index (χ1n) is 6.68. The molecule has 90 valence electrons. The molecular formula is C15H25N. The van der Waals surface area contributed by atoms with Crippen molar-refractivity contribution in [3.8, 4) is 0 Å². The van der Waals surface area contributed by atoms with Crippen LogP contribution in [0.5, 0.6) is 0 Å². The molecule has 0 amide bonds. The maximum absolute atomic E-state index is 3.76. The van der Waals surface area contributed by atoms with E-state index in [-0.39, 0.29) is 0 Å². The van der Waals surface area contributed by atoms with E-state index in [0.29, 0.717) is 10.8 Å². The molecule has 1 heteroatoms. The van der Waals surface area contributed by atoms with Gasteiger partial charge < -0.3 is 5.32 Å². The Balaban J connectivity index is 1.90. The summed E-state index contributed by atoms with van der Waals surface area (Å²) in [7, 11) is 0. The van der Waals surface area contributed by atoms with Crippen molar-refractivity contribution in [2.75, 3.05) is 13.1 Å². The van der Waals surface area contributed by atoms with E-state index in [9.17, 15) is 0 Å². The lowest BCUT2D eigenvalue weighted by atomic mass is 9.64. The standard InChI is InChI=1S/C15H25N/c1-3-4-5-6-14(2)7-9-15(10-8-14)11-12-16-13-15/h3,5-6,16H,1,4,7-13H2,2H3/b6-5+. The highest BCUT2D eigenvalue weighted by atomic mass is 14.9. The molecule has 0 unspecified atom stereocenters. The molecule has 1 saturated heterocycles. The number of hydrogen-bond donors (Lipinski definition) is 1. The Morgan fingerprint density at radius 1 is 1.19 bits per heavy atom. The first-order chi connectivity index (χ1) is 7.68. The first kappa shape index (κ1) is 11.9. The minimum atomic E-state index is 0.455. The molecule has 1 aliphatic carbocycles. The zero-order chi connectivity index (χ0) is 11.5. The molecule has 0 aromatic heterocycles. The van der Waals surface area contributed by atoms with Crippen LogP contribution in [0, 0.1) is 10.8 Å². The van der Waals surface area contributed by atoms with Crippen molar-refractivity contribution in [2.45, 2.75) is 45.4 Å². The number of nitrogens with one attached hydrogen (secondary N) is 1. The van der Waals surface area contributed by atoms with Gasteiger partial charge in [-0.25, -0.2) is 0 Å². The third kappa shape index (κ3) is 2.57. The summed E-state index contributed by atoms with van der Waals surface area (Å²) in [6, 6.07) is 0. The molecule has 16 heavy (non-hydrogen) atoms. The molecule has 0 bridgehead atoms. The van der Waals surface area contributed by atoms with Crippen LogP contribution in [0.25, 0.3) is 0 Å². The van der Waals surface area contributed by atoms with Crippen molar-refractivity contribution in [1.82, 2.24) is 5.32 Å². The van der Waals surface area contributed by atoms with Gasteiger partial charge in [-0.05, 0) is 55.9 Å². The molecule has 0 aromatic rings. The van der Waals surface area contributed by atoms with Gasteiger partial charge in [0.1, 0.15) is 0 Å². The lowest BCUT2D eigenvalue weighted by Gasteiger charge is -2.41. The van der Waals surface area contributed by atoms with Crippen LogP contribution in [0.2, 0.25) is 0 Å². The molecular weight excluding hydrogens is 194 g/mol. The lowest BCUT2D eigenvalue weighted by Crippen LogP contribution is -2.33. The van der Waals surface area contributed by atoms with Crippen LogP contribution < -0.4 is 5.32 Å². The van der Waals surface area contributed by atoms with Gasteiger partial charge in [-0.15, -0.1) is 6.58 Å². The van der Waals surface area contributed by atoms with Crippen molar-refractivity contribution >= 4 is 0 Å². The van der Waals surface area contributed by atoms with Crippen molar-refractivity contribution in [2.24, 2.45) is 10.8 Å². The summed E-state index contributed by atoms with van der Waals surface area (Å²) in [6.45, 7) is 8.69. The van der Waals surface area contributed by atoms with Gasteiger partial charge in [-0.3, -0.25) is 0 Å². The second-order valence-electron chi connectivity index (χ2n) is 6.01. The van der Waals surface area contributed by atoms with E-state index in [2.05, 4.69) is 31.0 Å². The van der Waals surface area contributed by atoms with Gasteiger partial charge in [0.2, 0.25) is 0 Å². The lowest BCUT2D eigenvalue weighted by molar-refractivity contribution is 0.137. The number of allylic oxidation sites excluding steroid dienone is 3. The minimum Gasteiger partial charge on any atom is -0.316 e. The average Bonchev–Trinajstić information content (AvgIpc) is 2.73. The van der Waals surface area contributed by atoms with Gasteiger partial charge in [0.25, 0.3) is 0 Å². The topological polar surface area (TPSA) is 12.0 Å². The quantitative estimate of drug-likeness (QED) is 0.714. The van der Waals surface area contributed by atoms with Crippen LogP contribution in [-0.2, 0) is 0 Å². The van der Waals surface area contributed by atoms with E-state index < -0.39 is 0 Å². The molecule has 1 spiro atoms. The third-order valence-corrected chi connectivity index (χ3v) is 4.61. The Labute approximate surface area is 100 Å². The molecule has 0 radical (unpaired) electrons. The summed E-state index contributed by atoms with van der Waals surface area (Å²) in [4.78, 5) is 0. The molecule has 1 heterocycles. The smallest absolute Gasteiger partial charge is 0.000830 e. The summed E-state index contributed by atoms with van der Waals surface area (Å²) in [5.74, 6) is 0. The molecule has 0 atom stereocenters. The molecule has 1 aliphatic heterocycles. The van der Waals surface area contributed by atoms with Crippen LogP contribution in [0.15, 0.2) is 24.8 Å². The van der Waals surface area contributed by atoms with E-state index in [0.717, 1.165) is 6.42 Å². The Morgan fingerprint density at radius 3 is 2.50 bits per heavy atom. The predicted octanol–water partition coefficient (Wildman–Crippen LogP) is 3.68. The Kier molecular flexibility index (Phi) is 3.53. The van der Waals surface area contributed by atoms with Gasteiger partial charge in [0.05, 0.1) is 0 Å². The van der Waals surface area contributed by atoms with Crippen molar-refractivity contribution in [3.63, 3.8) is 0 Å². The van der Waals surface area contributed by atoms with Crippen LogP contribution >= 0.6 is 0 Å². The summed E-state index contributed by atoms with van der Waals surface area (Å²) in [6.07, 6.45) is 14.7. The summed E-state index contributed by atoms with van der Waals surface area (Å²) >= 11 is 0. The van der Waals surface area contributed by atoms with Crippen LogP contribution in [0.3, 0.4) is 0 Å². The Morgan fingerprint density at radius 2 is 1.94 bits per heavy atom. The third-order valence-electron chi connectivity index (χ3n) is 4.61. The van der Waals surface area contributed by atoms with Gasteiger partial charge in [0, 0.05) is 6.54 Å². The second kappa shape index (κ2) is 4.75. The summed E-state index contributed by atoms with van der Waals surface area (Å²) in [5.41, 5.74) is 1.11.